The van der Waals surface area contributed by atoms with E-state index in [4.69, 9.17) is 0 Å². The van der Waals surface area contributed by atoms with Crippen LogP contribution in [0.1, 0.15) is 22.1 Å². The molecule has 0 saturated heterocycles. The zero-order valence-corrected chi connectivity index (χ0v) is 13.8. The lowest BCUT2D eigenvalue weighted by Gasteiger charge is -2.09. The number of hydrogen-bond donors (Lipinski definition) is 0. The minimum atomic E-state index is -0.960. The summed E-state index contributed by atoms with van der Waals surface area (Å²) in [6.45, 7) is 0. The molecule has 0 unspecified atom stereocenters. The first kappa shape index (κ1) is 15.1. The zero-order valence-electron chi connectivity index (χ0n) is 13.8. The molecule has 0 aliphatic heterocycles. The van der Waals surface area contributed by atoms with E-state index in [1.54, 1.807) is 23.0 Å². The molecule has 6 heteroatoms. The third-order valence-electron chi connectivity index (χ3n) is 4.48. The van der Waals surface area contributed by atoms with Gasteiger partial charge in [-0.1, -0.05) is 12.1 Å². The van der Waals surface area contributed by atoms with Crippen LogP contribution in [0.25, 0.3) is 22.1 Å². The fraction of sp³-hybridized carbons (Fsp3) is 0.158. The van der Waals surface area contributed by atoms with Gasteiger partial charge in [0.05, 0.1) is 34.5 Å². The maximum atomic E-state index is 12.9. The second-order valence-electron chi connectivity index (χ2n) is 6.00. The Bertz CT molecular complexity index is 1160. The molecule has 0 spiro atoms. The molecular weight excluding hydrogens is 314 g/mol. The Morgan fingerprint density at radius 2 is 1.92 bits per heavy atom. The number of rotatable bonds is 3. The number of fused-ring (bicyclic) bond motifs is 2. The molecule has 0 aliphatic rings. The summed E-state index contributed by atoms with van der Waals surface area (Å²) in [5.41, 5.74) is 3.80. The summed E-state index contributed by atoms with van der Waals surface area (Å²) in [4.78, 5) is 21.7. The quantitative estimate of drug-likeness (QED) is 0.542. The highest BCUT2D eigenvalue weighted by molar-refractivity contribution is 6.04. The van der Waals surface area contributed by atoms with Crippen molar-refractivity contribution in [3.8, 4) is 6.07 Å². The monoisotopic (exact) mass is 329 g/mol. The van der Waals surface area contributed by atoms with Gasteiger partial charge in [-0.3, -0.25) is 4.79 Å². The van der Waals surface area contributed by atoms with Crippen molar-refractivity contribution in [2.24, 2.45) is 14.1 Å². The summed E-state index contributed by atoms with van der Waals surface area (Å²) in [6, 6.07) is 15.0. The molecule has 0 saturated carbocycles. The molecule has 0 N–H and O–H groups in total. The SMILES string of the molecule is Cn1cnc2cc(C(=O)[C@H](C#N)c3nc4ccccc4n3C)ccc21. The summed E-state index contributed by atoms with van der Waals surface area (Å²) in [7, 11) is 3.72. The number of hydrogen-bond acceptors (Lipinski definition) is 4. The van der Waals surface area contributed by atoms with E-state index in [9.17, 15) is 10.1 Å². The number of nitriles is 1. The lowest BCUT2D eigenvalue weighted by molar-refractivity contribution is 0.0975. The normalized spacial score (nSPS) is 12.4. The maximum absolute atomic E-state index is 12.9. The highest BCUT2D eigenvalue weighted by atomic mass is 16.1. The molecule has 25 heavy (non-hydrogen) atoms. The number of aryl methyl sites for hydroxylation is 2. The van der Waals surface area contributed by atoms with E-state index >= 15 is 0 Å². The summed E-state index contributed by atoms with van der Waals surface area (Å²) in [5.74, 6) is -0.776. The van der Waals surface area contributed by atoms with Crippen LogP contribution in [-0.4, -0.2) is 24.9 Å². The predicted octanol–water partition coefficient (Wildman–Crippen LogP) is 2.95. The van der Waals surface area contributed by atoms with E-state index in [-0.39, 0.29) is 5.78 Å². The Labute approximate surface area is 144 Å². The number of ketones is 1. The second kappa shape index (κ2) is 5.56. The maximum Gasteiger partial charge on any atom is 0.187 e. The van der Waals surface area contributed by atoms with Crippen LogP contribution >= 0.6 is 0 Å². The molecule has 4 aromatic rings. The minimum absolute atomic E-state index is 0.270. The van der Waals surface area contributed by atoms with Crippen LogP contribution in [0.4, 0.5) is 0 Å². The Morgan fingerprint density at radius 3 is 2.68 bits per heavy atom. The predicted molar refractivity (Wildman–Crippen MR) is 94.1 cm³/mol. The van der Waals surface area contributed by atoms with Crippen LogP contribution in [0.5, 0.6) is 0 Å². The van der Waals surface area contributed by atoms with E-state index < -0.39 is 5.92 Å². The van der Waals surface area contributed by atoms with E-state index in [2.05, 4.69) is 16.0 Å². The summed E-state index contributed by atoms with van der Waals surface area (Å²) < 4.78 is 3.69. The van der Waals surface area contributed by atoms with Gasteiger partial charge < -0.3 is 9.13 Å². The molecule has 0 radical (unpaired) electrons. The van der Waals surface area contributed by atoms with Crippen LogP contribution in [0.2, 0.25) is 0 Å². The van der Waals surface area contributed by atoms with E-state index in [1.165, 1.54) is 0 Å². The van der Waals surface area contributed by atoms with E-state index in [0.717, 1.165) is 22.1 Å². The van der Waals surface area contributed by atoms with Crippen molar-refractivity contribution in [3.05, 3.63) is 60.2 Å². The molecule has 122 valence electrons. The van der Waals surface area contributed by atoms with E-state index in [1.807, 2.05) is 49.0 Å². The molecule has 2 aromatic carbocycles. The standard InChI is InChI=1S/C19H15N5O/c1-23-11-21-15-9-12(7-8-16(15)23)18(25)13(10-20)19-22-14-5-3-4-6-17(14)24(19)2/h3-9,11,13H,1-2H3/t13-/m0/s1. The first-order chi connectivity index (χ1) is 12.1. The number of para-hydroxylation sites is 2. The van der Waals surface area contributed by atoms with Crippen molar-refractivity contribution in [2.45, 2.75) is 5.92 Å². The van der Waals surface area contributed by atoms with Gasteiger partial charge in [-0.25, -0.2) is 9.97 Å². The van der Waals surface area contributed by atoms with Crippen molar-refractivity contribution in [1.29, 1.82) is 5.26 Å². The molecule has 0 fully saturated rings. The third kappa shape index (κ3) is 2.29. The Balaban J connectivity index is 1.80. The molecule has 2 heterocycles. The minimum Gasteiger partial charge on any atom is -0.334 e. The van der Waals surface area contributed by atoms with Crippen molar-refractivity contribution < 1.29 is 4.79 Å². The molecule has 0 bridgehead atoms. The van der Waals surface area contributed by atoms with Gasteiger partial charge >= 0.3 is 0 Å². The van der Waals surface area contributed by atoms with Gasteiger partial charge in [-0.2, -0.15) is 5.26 Å². The van der Waals surface area contributed by atoms with Crippen molar-refractivity contribution in [3.63, 3.8) is 0 Å². The fourth-order valence-corrected chi connectivity index (χ4v) is 3.11. The molecule has 0 amide bonds. The first-order valence-corrected chi connectivity index (χ1v) is 7.86. The number of aromatic nitrogens is 4. The largest absolute Gasteiger partial charge is 0.334 e. The number of carbonyl (C=O) groups is 1. The van der Waals surface area contributed by atoms with Gasteiger partial charge in [0.25, 0.3) is 0 Å². The van der Waals surface area contributed by atoms with Gasteiger partial charge in [-0.15, -0.1) is 0 Å². The van der Waals surface area contributed by atoms with Crippen LogP contribution < -0.4 is 0 Å². The molecule has 2 aromatic heterocycles. The van der Waals surface area contributed by atoms with Gasteiger partial charge in [0.1, 0.15) is 5.82 Å². The summed E-state index contributed by atoms with van der Waals surface area (Å²) in [5, 5.41) is 9.63. The van der Waals surface area contributed by atoms with Crippen LogP contribution in [0.3, 0.4) is 0 Å². The average Bonchev–Trinajstić information content (AvgIpc) is 3.17. The number of benzene rings is 2. The van der Waals surface area contributed by atoms with Crippen molar-refractivity contribution in [2.75, 3.05) is 0 Å². The first-order valence-electron chi connectivity index (χ1n) is 7.86. The van der Waals surface area contributed by atoms with Gasteiger partial charge in [0.15, 0.2) is 11.7 Å². The molecule has 6 nitrogen and oxygen atoms in total. The van der Waals surface area contributed by atoms with Crippen molar-refractivity contribution >= 4 is 27.9 Å². The fourth-order valence-electron chi connectivity index (χ4n) is 3.11. The Hall–Kier alpha value is -3.46. The van der Waals surface area contributed by atoms with Crippen LogP contribution in [0.15, 0.2) is 48.8 Å². The van der Waals surface area contributed by atoms with Crippen molar-refractivity contribution in [1.82, 2.24) is 19.1 Å². The van der Waals surface area contributed by atoms with Gasteiger partial charge in [0, 0.05) is 19.7 Å². The third-order valence-corrected chi connectivity index (χ3v) is 4.48. The highest BCUT2D eigenvalue weighted by Gasteiger charge is 2.27. The van der Waals surface area contributed by atoms with Crippen LogP contribution in [0, 0.1) is 11.3 Å². The molecule has 0 aliphatic carbocycles. The Morgan fingerprint density at radius 1 is 1.12 bits per heavy atom. The topological polar surface area (TPSA) is 76.5 Å². The summed E-state index contributed by atoms with van der Waals surface area (Å²) in [6.07, 6.45) is 1.70. The lowest BCUT2D eigenvalue weighted by Crippen LogP contribution is -2.15. The zero-order chi connectivity index (χ0) is 17.6. The number of Topliss-reactive ketones (excluding diaryl/α,β-unsaturated/α-hetero) is 1. The summed E-state index contributed by atoms with van der Waals surface area (Å²) >= 11 is 0. The van der Waals surface area contributed by atoms with Gasteiger partial charge in [-0.05, 0) is 30.3 Å². The number of imidazole rings is 2. The average molecular weight is 329 g/mol. The smallest absolute Gasteiger partial charge is 0.187 e. The second-order valence-corrected chi connectivity index (χ2v) is 6.00. The number of nitrogens with zero attached hydrogens (tertiary/aromatic N) is 5. The van der Waals surface area contributed by atoms with Gasteiger partial charge in [0.2, 0.25) is 0 Å². The molecule has 4 rings (SSSR count). The highest BCUT2D eigenvalue weighted by Crippen LogP contribution is 2.25. The van der Waals surface area contributed by atoms with Crippen LogP contribution in [-0.2, 0) is 14.1 Å². The number of carbonyl (C=O) groups excluding carboxylic acids is 1. The lowest BCUT2D eigenvalue weighted by atomic mass is 9.97. The van der Waals surface area contributed by atoms with E-state index in [0.29, 0.717) is 11.4 Å². The molecule has 1 atom stereocenters. The Kier molecular flexibility index (Phi) is 3.36. The molecular formula is C19H15N5O.